The van der Waals surface area contributed by atoms with Crippen molar-refractivity contribution in [2.45, 2.75) is 6.54 Å². The van der Waals surface area contributed by atoms with Crippen molar-refractivity contribution >= 4 is 45.8 Å². The summed E-state index contributed by atoms with van der Waals surface area (Å²) in [6.07, 6.45) is 0. The smallest absolute Gasteiger partial charge is 0.248 e. The van der Waals surface area contributed by atoms with Crippen molar-refractivity contribution < 1.29 is 9.21 Å². The number of hydrogen-bond donors (Lipinski definition) is 2. The molecule has 6 heteroatoms. The Labute approximate surface area is 123 Å². The summed E-state index contributed by atoms with van der Waals surface area (Å²) in [7, 11) is 0. The standard InChI is InChI=1S/C12H10ClIN2O2/c13-9-3-1-7(12(15)17)5-10(9)16-6-8-2-4-11(14)18-8/h1-5,16H,6H2,(H2,15,17). The normalized spacial score (nSPS) is 10.3. The van der Waals surface area contributed by atoms with Crippen molar-refractivity contribution in [2.75, 3.05) is 5.32 Å². The molecular formula is C12H10ClIN2O2. The summed E-state index contributed by atoms with van der Waals surface area (Å²) in [4.78, 5) is 11.1. The Hall–Kier alpha value is -1.21. The second-order valence-electron chi connectivity index (χ2n) is 3.62. The van der Waals surface area contributed by atoms with Crippen LogP contribution < -0.4 is 11.1 Å². The molecule has 0 aliphatic heterocycles. The molecule has 1 heterocycles. The van der Waals surface area contributed by atoms with Gasteiger partial charge in [-0.1, -0.05) is 11.6 Å². The van der Waals surface area contributed by atoms with Gasteiger partial charge in [0.1, 0.15) is 5.76 Å². The lowest BCUT2D eigenvalue weighted by molar-refractivity contribution is 0.100. The van der Waals surface area contributed by atoms with E-state index in [0.29, 0.717) is 22.8 Å². The van der Waals surface area contributed by atoms with Crippen LogP contribution in [-0.4, -0.2) is 5.91 Å². The van der Waals surface area contributed by atoms with E-state index < -0.39 is 5.91 Å². The monoisotopic (exact) mass is 376 g/mol. The van der Waals surface area contributed by atoms with Crippen molar-refractivity contribution in [1.82, 2.24) is 0 Å². The molecule has 1 aromatic carbocycles. The zero-order valence-corrected chi connectivity index (χ0v) is 12.2. The molecule has 0 spiro atoms. The quantitative estimate of drug-likeness (QED) is 0.805. The van der Waals surface area contributed by atoms with Gasteiger partial charge in [0.15, 0.2) is 3.77 Å². The van der Waals surface area contributed by atoms with Crippen LogP contribution in [0.1, 0.15) is 16.1 Å². The Balaban J connectivity index is 2.13. The van der Waals surface area contributed by atoms with Crippen LogP contribution in [-0.2, 0) is 6.54 Å². The number of furan rings is 1. The van der Waals surface area contributed by atoms with Crippen LogP contribution in [0.15, 0.2) is 34.7 Å². The van der Waals surface area contributed by atoms with Crippen LogP contribution in [0.2, 0.25) is 5.02 Å². The topological polar surface area (TPSA) is 68.3 Å². The summed E-state index contributed by atoms with van der Waals surface area (Å²) in [6, 6.07) is 8.60. The van der Waals surface area contributed by atoms with Crippen LogP contribution in [0.5, 0.6) is 0 Å². The summed E-state index contributed by atoms with van der Waals surface area (Å²) in [5.41, 5.74) is 6.28. The summed E-state index contributed by atoms with van der Waals surface area (Å²) < 4.78 is 6.23. The van der Waals surface area contributed by atoms with Gasteiger partial charge in [-0.05, 0) is 52.9 Å². The molecule has 0 saturated heterocycles. The summed E-state index contributed by atoms with van der Waals surface area (Å²) >= 11 is 8.12. The molecule has 3 N–H and O–H groups in total. The zero-order valence-electron chi connectivity index (χ0n) is 9.24. The second kappa shape index (κ2) is 5.62. The number of rotatable bonds is 4. The molecule has 2 rings (SSSR count). The van der Waals surface area contributed by atoms with Crippen molar-refractivity contribution in [3.63, 3.8) is 0 Å². The maximum absolute atomic E-state index is 11.1. The molecule has 0 radical (unpaired) electrons. The largest absolute Gasteiger partial charge is 0.454 e. The van der Waals surface area contributed by atoms with Gasteiger partial charge >= 0.3 is 0 Å². The molecule has 0 unspecified atom stereocenters. The van der Waals surface area contributed by atoms with Gasteiger partial charge in [0.25, 0.3) is 0 Å². The predicted molar refractivity (Wildman–Crippen MR) is 78.7 cm³/mol. The van der Waals surface area contributed by atoms with Crippen molar-refractivity contribution in [3.8, 4) is 0 Å². The molecule has 0 atom stereocenters. The maximum Gasteiger partial charge on any atom is 0.248 e. The molecule has 1 amide bonds. The average molecular weight is 377 g/mol. The highest BCUT2D eigenvalue weighted by Crippen LogP contribution is 2.24. The second-order valence-corrected chi connectivity index (χ2v) is 5.09. The fraction of sp³-hybridized carbons (Fsp3) is 0.0833. The van der Waals surface area contributed by atoms with Crippen LogP contribution in [0.3, 0.4) is 0 Å². The van der Waals surface area contributed by atoms with Gasteiger partial charge in [-0.3, -0.25) is 4.79 Å². The van der Waals surface area contributed by atoms with Crippen LogP contribution in [0.25, 0.3) is 0 Å². The minimum atomic E-state index is -0.484. The summed E-state index contributed by atoms with van der Waals surface area (Å²) in [5.74, 6) is 0.308. The first-order valence-electron chi connectivity index (χ1n) is 5.13. The third kappa shape index (κ3) is 3.17. The summed E-state index contributed by atoms with van der Waals surface area (Å²) in [5, 5.41) is 3.63. The van der Waals surface area contributed by atoms with Crippen LogP contribution in [0, 0.1) is 3.77 Å². The highest BCUT2D eigenvalue weighted by molar-refractivity contribution is 14.1. The van der Waals surface area contributed by atoms with E-state index in [9.17, 15) is 4.79 Å². The minimum Gasteiger partial charge on any atom is -0.454 e. The molecule has 1 aromatic heterocycles. The number of amides is 1. The van der Waals surface area contributed by atoms with E-state index in [1.165, 1.54) is 0 Å². The van der Waals surface area contributed by atoms with Gasteiger partial charge in [-0.2, -0.15) is 0 Å². The fourth-order valence-corrected chi connectivity index (χ4v) is 2.09. The molecular weight excluding hydrogens is 367 g/mol. The van der Waals surface area contributed by atoms with E-state index in [1.807, 2.05) is 12.1 Å². The van der Waals surface area contributed by atoms with Gasteiger partial charge in [0.2, 0.25) is 5.91 Å². The molecule has 0 saturated carbocycles. The number of benzene rings is 1. The third-order valence-corrected chi connectivity index (χ3v) is 3.24. The van der Waals surface area contributed by atoms with E-state index in [0.717, 1.165) is 9.53 Å². The van der Waals surface area contributed by atoms with Gasteiger partial charge < -0.3 is 15.5 Å². The lowest BCUT2D eigenvalue weighted by Gasteiger charge is -2.08. The van der Waals surface area contributed by atoms with Crippen molar-refractivity contribution in [3.05, 3.63) is 50.4 Å². The first-order valence-corrected chi connectivity index (χ1v) is 6.59. The van der Waals surface area contributed by atoms with Crippen LogP contribution in [0.4, 0.5) is 5.69 Å². The number of nitrogens with one attached hydrogen (secondary N) is 1. The van der Waals surface area contributed by atoms with Gasteiger partial charge in [0.05, 0.1) is 17.3 Å². The SMILES string of the molecule is NC(=O)c1ccc(Cl)c(NCc2ccc(I)o2)c1. The Morgan fingerprint density at radius 1 is 1.39 bits per heavy atom. The van der Waals surface area contributed by atoms with Crippen molar-refractivity contribution in [2.24, 2.45) is 5.73 Å². The molecule has 2 aromatic rings. The minimum absolute atomic E-state index is 0.413. The highest BCUT2D eigenvalue weighted by Gasteiger charge is 2.06. The number of primary amides is 1. The molecule has 94 valence electrons. The fourth-order valence-electron chi connectivity index (χ4n) is 1.44. The number of carbonyl (C=O) groups excluding carboxylic acids is 1. The van der Waals surface area contributed by atoms with Gasteiger partial charge in [0, 0.05) is 5.56 Å². The number of hydrogen-bond acceptors (Lipinski definition) is 3. The van der Waals surface area contributed by atoms with E-state index in [1.54, 1.807) is 18.2 Å². The number of halogens is 2. The number of anilines is 1. The Bertz CT molecular complexity index is 583. The molecule has 0 bridgehead atoms. The number of carbonyl (C=O) groups is 1. The third-order valence-electron chi connectivity index (χ3n) is 2.33. The van der Waals surface area contributed by atoms with Gasteiger partial charge in [-0.25, -0.2) is 0 Å². The number of nitrogens with two attached hydrogens (primary N) is 1. The molecule has 0 fully saturated rings. The van der Waals surface area contributed by atoms with Crippen molar-refractivity contribution in [1.29, 1.82) is 0 Å². The molecule has 0 aliphatic carbocycles. The molecule has 18 heavy (non-hydrogen) atoms. The van der Waals surface area contributed by atoms with E-state index in [-0.39, 0.29) is 0 Å². The summed E-state index contributed by atoms with van der Waals surface area (Å²) in [6.45, 7) is 0.491. The Morgan fingerprint density at radius 3 is 2.78 bits per heavy atom. The van der Waals surface area contributed by atoms with Gasteiger partial charge in [-0.15, -0.1) is 0 Å². The lowest BCUT2D eigenvalue weighted by atomic mass is 10.2. The van der Waals surface area contributed by atoms with E-state index in [4.69, 9.17) is 21.8 Å². The van der Waals surface area contributed by atoms with Crippen LogP contribution >= 0.6 is 34.2 Å². The highest BCUT2D eigenvalue weighted by atomic mass is 127. The Morgan fingerprint density at radius 2 is 2.17 bits per heavy atom. The maximum atomic E-state index is 11.1. The van der Waals surface area contributed by atoms with E-state index >= 15 is 0 Å². The molecule has 4 nitrogen and oxygen atoms in total. The first kappa shape index (κ1) is 13.2. The van der Waals surface area contributed by atoms with E-state index in [2.05, 4.69) is 27.9 Å². The zero-order chi connectivity index (χ0) is 13.1. The first-order chi connectivity index (χ1) is 8.56. The predicted octanol–water partition coefficient (Wildman–Crippen LogP) is 3.25. The average Bonchev–Trinajstić information content (AvgIpc) is 2.74. The Kier molecular flexibility index (Phi) is 4.13. The molecule has 0 aliphatic rings. The lowest BCUT2D eigenvalue weighted by Crippen LogP contribution is -2.11.